The topological polar surface area (TPSA) is 74.3 Å². The number of hydrogen-bond donors (Lipinski definition) is 0. The fraction of sp³-hybridized carbons (Fsp3) is 0.478. The Hall–Kier alpha value is -3.17. The maximum atomic E-state index is 13.4. The number of nitrogens with zero attached hydrogens (tertiary/aromatic N) is 1. The van der Waals surface area contributed by atoms with E-state index in [2.05, 4.69) is 0 Å². The third-order valence-corrected chi connectivity index (χ3v) is 6.67. The zero-order chi connectivity index (χ0) is 24.1. The maximum Gasteiger partial charge on any atom is 0.471 e. The lowest BCUT2D eigenvalue weighted by Gasteiger charge is -2.48. The van der Waals surface area contributed by atoms with Crippen LogP contribution in [0.2, 0.25) is 0 Å². The number of ketones is 1. The Morgan fingerprint density at radius 3 is 2.36 bits per heavy atom. The summed E-state index contributed by atoms with van der Waals surface area (Å²) in [4.78, 5) is 25.8. The number of hydrogen-bond acceptors (Lipinski definition) is 6. The van der Waals surface area contributed by atoms with Crippen LogP contribution in [-0.4, -0.2) is 63.8 Å². The summed E-state index contributed by atoms with van der Waals surface area (Å²) in [6.45, 7) is -0.154. The van der Waals surface area contributed by atoms with Crippen molar-refractivity contribution in [3.05, 3.63) is 40.7 Å². The molecule has 0 radical (unpaired) electrons. The van der Waals surface area contributed by atoms with Crippen LogP contribution in [0.15, 0.2) is 29.6 Å². The number of rotatable bonds is 4. The molecular formula is C23H24F3NO6. The number of benzene rings is 1. The second kappa shape index (κ2) is 8.00. The molecule has 0 spiro atoms. The Labute approximate surface area is 188 Å². The highest BCUT2D eigenvalue weighted by Gasteiger charge is 2.55. The number of carbonyl (C=O) groups excluding carboxylic acids is 2. The lowest BCUT2D eigenvalue weighted by atomic mass is 9.64. The number of amides is 1. The van der Waals surface area contributed by atoms with Crippen molar-refractivity contribution in [1.29, 1.82) is 0 Å². The third kappa shape index (κ3) is 3.34. The van der Waals surface area contributed by atoms with Gasteiger partial charge in [0.15, 0.2) is 17.3 Å². The highest BCUT2D eigenvalue weighted by molar-refractivity contribution is 6.05. The minimum atomic E-state index is -5.02. The third-order valence-electron chi connectivity index (χ3n) is 6.67. The standard InChI is InChI=1S/C23H24F3NO6/c1-30-16-9-12-5-6-14-13-10-15(28)17(31-2)11-22(13,18(12)20(33-4)19(16)32-3)7-8-27(14)21(29)23(24,25)26/h9-11,14H,5-8H2,1-4H3/t14-,22+/m1/s1. The summed E-state index contributed by atoms with van der Waals surface area (Å²) in [6, 6.07) is 0.858. The van der Waals surface area contributed by atoms with Crippen molar-refractivity contribution in [3.8, 4) is 17.2 Å². The number of ether oxygens (including phenoxy) is 4. The number of fused-ring (bicyclic) bond motifs is 1. The van der Waals surface area contributed by atoms with Crippen LogP contribution in [0.25, 0.3) is 0 Å². The number of piperidine rings is 1. The first-order valence-electron chi connectivity index (χ1n) is 10.4. The van der Waals surface area contributed by atoms with Gasteiger partial charge in [0.25, 0.3) is 0 Å². The Morgan fingerprint density at radius 2 is 1.79 bits per heavy atom. The molecule has 2 atom stereocenters. The van der Waals surface area contributed by atoms with E-state index in [1.54, 1.807) is 12.1 Å². The largest absolute Gasteiger partial charge is 0.493 e. The Balaban J connectivity index is 2.02. The number of carbonyl (C=O) groups is 2. The fourth-order valence-corrected chi connectivity index (χ4v) is 5.35. The molecule has 0 aromatic heterocycles. The minimum Gasteiger partial charge on any atom is -0.493 e. The summed E-state index contributed by atoms with van der Waals surface area (Å²) in [6.07, 6.45) is -1.42. The van der Waals surface area contributed by atoms with Crippen molar-refractivity contribution in [2.75, 3.05) is 35.0 Å². The molecule has 1 amide bonds. The maximum absolute atomic E-state index is 13.4. The van der Waals surface area contributed by atoms with Crippen LogP contribution in [0, 0.1) is 0 Å². The number of likely N-dealkylation sites (tertiary alicyclic amines) is 1. The van der Waals surface area contributed by atoms with E-state index >= 15 is 0 Å². The van der Waals surface area contributed by atoms with Gasteiger partial charge >= 0.3 is 12.1 Å². The van der Waals surface area contributed by atoms with Crippen LogP contribution in [0.4, 0.5) is 13.2 Å². The Bertz CT molecular complexity index is 1080. The van der Waals surface area contributed by atoms with Gasteiger partial charge in [-0.15, -0.1) is 0 Å². The molecule has 33 heavy (non-hydrogen) atoms. The lowest BCUT2D eigenvalue weighted by Crippen LogP contribution is -2.56. The molecule has 4 rings (SSSR count). The van der Waals surface area contributed by atoms with Crippen LogP contribution in [0.3, 0.4) is 0 Å². The van der Waals surface area contributed by atoms with Crippen LogP contribution >= 0.6 is 0 Å². The van der Waals surface area contributed by atoms with E-state index in [0.717, 1.165) is 10.5 Å². The number of alkyl halides is 3. The highest BCUT2D eigenvalue weighted by Crippen LogP contribution is 2.57. The number of aryl methyl sites for hydroxylation is 1. The monoisotopic (exact) mass is 467 g/mol. The van der Waals surface area contributed by atoms with E-state index in [1.165, 1.54) is 34.5 Å². The first-order valence-corrected chi connectivity index (χ1v) is 10.4. The zero-order valence-electron chi connectivity index (χ0n) is 18.7. The predicted octanol–water partition coefficient (Wildman–Crippen LogP) is 3.10. The molecule has 1 fully saturated rings. The zero-order valence-corrected chi connectivity index (χ0v) is 18.7. The average molecular weight is 467 g/mol. The van der Waals surface area contributed by atoms with E-state index < -0.39 is 29.3 Å². The number of halogens is 3. The van der Waals surface area contributed by atoms with E-state index in [0.29, 0.717) is 34.8 Å². The molecule has 2 aliphatic carbocycles. The molecule has 1 aliphatic heterocycles. The van der Waals surface area contributed by atoms with Gasteiger partial charge in [-0.1, -0.05) is 0 Å². The second-order valence-corrected chi connectivity index (χ2v) is 8.13. The molecule has 1 heterocycles. The number of methoxy groups -OCH3 is 4. The Kier molecular flexibility index (Phi) is 5.58. The predicted molar refractivity (Wildman–Crippen MR) is 110 cm³/mol. The van der Waals surface area contributed by atoms with Gasteiger partial charge in [-0.25, -0.2) is 0 Å². The normalized spacial score (nSPS) is 24.0. The second-order valence-electron chi connectivity index (χ2n) is 8.13. The van der Waals surface area contributed by atoms with E-state index in [4.69, 9.17) is 18.9 Å². The van der Waals surface area contributed by atoms with Gasteiger partial charge in [-0.05, 0) is 48.6 Å². The van der Waals surface area contributed by atoms with Crippen LogP contribution in [-0.2, 0) is 26.2 Å². The summed E-state index contributed by atoms with van der Waals surface area (Å²) < 4.78 is 62.3. The summed E-state index contributed by atoms with van der Waals surface area (Å²) in [7, 11) is 5.78. The van der Waals surface area contributed by atoms with Gasteiger partial charge < -0.3 is 23.8 Å². The van der Waals surface area contributed by atoms with Crippen molar-refractivity contribution in [3.63, 3.8) is 0 Å². The first kappa shape index (κ1) is 23.0. The van der Waals surface area contributed by atoms with Crippen molar-refractivity contribution < 1.29 is 41.7 Å². The van der Waals surface area contributed by atoms with Gasteiger partial charge in [0.05, 0.1) is 34.5 Å². The molecule has 10 heteroatoms. The lowest BCUT2D eigenvalue weighted by molar-refractivity contribution is -0.188. The Morgan fingerprint density at radius 1 is 1.09 bits per heavy atom. The first-order chi connectivity index (χ1) is 15.6. The molecule has 1 aromatic carbocycles. The quantitative estimate of drug-likeness (QED) is 0.678. The van der Waals surface area contributed by atoms with E-state index in [-0.39, 0.29) is 25.1 Å². The molecule has 0 unspecified atom stereocenters. The van der Waals surface area contributed by atoms with Crippen molar-refractivity contribution in [1.82, 2.24) is 4.90 Å². The molecule has 1 saturated heterocycles. The molecule has 2 bridgehead atoms. The molecule has 3 aliphatic rings. The van der Waals surface area contributed by atoms with Crippen LogP contribution in [0.1, 0.15) is 24.0 Å². The van der Waals surface area contributed by atoms with Crippen molar-refractivity contribution in [2.45, 2.75) is 36.9 Å². The van der Waals surface area contributed by atoms with Crippen LogP contribution < -0.4 is 14.2 Å². The number of allylic oxidation sites excluding steroid dienone is 2. The van der Waals surface area contributed by atoms with Crippen LogP contribution in [0.5, 0.6) is 17.2 Å². The summed E-state index contributed by atoms with van der Waals surface area (Å²) in [5.41, 5.74) is 0.863. The summed E-state index contributed by atoms with van der Waals surface area (Å²) >= 11 is 0. The van der Waals surface area contributed by atoms with E-state index in [9.17, 15) is 22.8 Å². The average Bonchev–Trinajstić information content (AvgIpc) is 2.87. The smallest absolute Gasteiger partial charge is 0.471 e. The molecule has 0 N–H and O–H groups in total. The minimum absolute atomic E-state index is 0.0813. The van der Waals surface area contributed by atoms with Gasteiger partial charge in [-0.2, -0.15) is 13.2 Å². The van der Waals surface area contributed by atoms with Crippen molar-refractivity contribution in [2.24, 2.45) is 0 Å². The van der Waals surface area contributed by atoms with Gasteiger partial charge in [0, 0.05) is 17.5 Å². The van der Waals surface area contributed by atoms with Gasteiger partial charge in [0.1, 0.15) is 0 Å². The molecule has 1 aromatic rings. The summed E-state index contributed by atoms with van der Waals surface area (Å²) in [5, 5.41) is 0. The molecular weight excluding hydrogens is 443 g/mol. The highest BCUT2D eigenvalue weighted by atomic mass is 19.4. The van der Waals surface area contributed by atoms with E-state index in [1.807, 2.05) is 0 Å². The van der Waals surface area contributed by atoms with Gasteiger partial charge in [-0.3, -0.25) is 9.59 Å². The van der Waals surface area contributed by atoms with Gasteiger partial charge in [0.2, 0.25) is 11.5 Å². The molecule has 178 valence electrons. The van der Waals surface area contributed by atoms with Crippen molar-refractivity contribution >= 4 is 11.7 Å². The SMILES string of the molecule is COC1=C[C@]23CCN(C(=O)C(F)(F)F)[C@H](CCc4cc(OC)c(OC)c(OC)c42)C3=CC1=O. The molecule has 0 saturated carbocycles. The fourth-order valence-electron chi connectivity index (χ4n) is 5.35. The summed E-state index contributed by atoms with van der Waals surface area (Å²) in [5.74, 6) is -1.17. The molecule has 7 nitrogen and oxygen atoms in total.